The first-order valence-corrected chi connectivity index (χ1v) is 8.56. The van der Waals surface area contributed by atoms with Gasteiger partial charge in [-0.2, -0.15) is 0 Å². The minimum Gasteiger partial charge on any atom is -0.343 e. The van der Waals surface area contributed by atoms with E-state index in [4.69, 9.17) is 5.73 Å². The average molecular weight is 352 g/mol. The van der Waals surface area contributed by atoms with Gasteiger partial charge in [0.25, 0.3) is 0 Å². The lowest BCUT2D eigenvalue weighted by atomic mass is 9.81. The van der Waals surface area contributed by atoms with E-state index >= 15 is 0 Å². The Labute approximate surface area is 149 Å². The predicted molar refractivity (Wildman–Crippen MR) is 97.2 cm³/mol. The molecule has 1 aromatic carbocycles. The molecule has 1 aromatic rings. The SMILES string of the molecule is Cl.NC1(C(=O)NC2CCCN(c3ccccc3)C2=O)CCCCC1. The highest BCUT2D eigenvalue weighted by Gasteiger charge is 2.39. The quantitative estimate of drug-likeness (QED) is 0.877. The van der Waals surface area contributed by atoms with Gasteiger partial charge < -0.3 is 16.0 Å². The third-order valence-corrected chi connectivity index (χ3v) is 5.01. The van der Waals surface area contributed by atoms with Crippen molar-refractivity contribution in [2.24, 2.45) is 5.73 Å². The zero-order valence-electron chi connectivity index (χ0n) is 13.9. The van der Waals surface area contributed by atoms with Gasteiger partial charge in [0.05, 0.1) is 5.54 Å². The van der Waals surface area contributed by atoms with E-state index < -0.39 is 11.6 Å². The molecule has 1 unspecified atom stereocenters. The van der Waals surface area contributed by atoms with E-state index in [0.29, 0.717) is 25.8 Å². The Kier molecular flexibility index (Phi) is 6.24. The molecule has 1 aliphatic carbocycles. The largest absolute Gasteiger partial charge is 0.343 e. The van der Waals surface area contributed by atoms with E-state index in [9.17, 15) is 9.59 Å². The molecule has 1 saturated heterocycles. The Bertz CT molecular complexity index is 573. The standard InChI is InChI=1S/C18H25N3O2.ClH/c19-18(11-5-2-6-12-18)17(23)20-15-10-7-13-21(16(15)22)14-8-3-1-4-9-14;/h1,3-4,8-9,15H,2,5-7,10-13,19H2,(H,20,23);1H. The first-order chi connectivity index (χ1) is 11.1. The number of para-hydroxylation sites is 1. The van der Waals surface area contributed by atoms with Crippen molar-refractivity contribution in [3.05, 3.63) is 30.3 Å². The Balaban J connectivity index is 0.00000208. The summed E-state index contributed by atoms with van der Waals surface area (Å²) < 4.78 is 0. The van der Waals surface area contributed by atoms with Crippen LogP contribution in [0.15, 0.2) is 30.3 Å². The van der Waals surface area contributed by atoms with E-state index in [1.165, 1.54) is 0 Å². The molecule has 1 atom stereocenters. The number of benzene rings is 1. The summed E-state index contributed by atoms with van der Waals surface area (Å²) in [5, 5.41) is 2.92. The number of halogens is 1. The summed E-state index contributed by atoms with van der Waals surface area (Å²) in [6.07, 6.45) is 6.09. The van der Waals surface area contributed by atoms with Crippen LogP contribution in [0.3, 0.4) is 0 Å². The van der Waals surface area contributed by atoms with Crippen molar-refractivity contribution >= 4 is 29.9 Å². The second kappa shape index (κ2) is 7.99. The molecule has 1 saturated carbocycles. The summed E-state index contributed by atoms with van der Waals surface area (Å²) in [5.74, 6) is -0.194. The highest BCUT2D eigenvalue weighted by atomic mass is 35.5. The van der Waals surface area contributed by atoms with Crippen molar-refractivity contribution in [3.8, 4) is 0 Å². The summed E-state index contributed by atoms with van der Waals surface area (Å²) >= 11 is 0. The monoisotopic (exact) mass is 351 g/mol. The van der Waals surface area contributed by atoms with E-state index in [-0.39, 0.29) is 24.2 Å². The number of nitrogens with zero attached hydrogens (tertiary/aromatic N) is 1. The number of hydrogen-bond acceptors (Lipinski definition) is 3. The molecule has 0 radical (unpaired) electrons. The molecule has 0 spiro atoms. The molecule has 1 aliphatic heterocycles. The van der Waals surface area contributed by atoms with Gasteiger partial charge in [-0.3, -0.25) is 9.59 Å². The lowest BCUT2D eigenvalue weighted by Gasteiger charge is -2.36. The maximum atomic E-state index is 12.7. The number of piperidine rings is 1. The Morgan fingerprint density at radius 3 is 2.46 bits per heavy atom. The van der Waals surface area contributed by atoms with Gasteiger partial charge in [0.15, 0.2) is 0 Å². The van der Waals surface area contributed by atoms with Crippen LogP contribution in [0.5, 0.6) is 0 Å². The van der Waals surface area contributed by atoms with Crippen LogP contribution in [-0.2, 0) is 9.59 Å². The molecule has 132 valence electrons. The van der Waals surface area contributed by atoms with Gasteiger partial charge in [0, 0.05) is 12.2 Å². The third kappa shape index (κ3) is 3.90. The zero-order valence-corrected chi connectivity index (χ0v) is 14.7. The van der Waals surface area contributed by atoms with Crippen LogP contribution in [-0.4, -0.2) is 29.9 Å². The van der Waals surface area contributed by atoms with E-state index in [0.717, 1.165) is 31.4 Å². The van der Waals surface area contributed by atoms with Crippen LogP contribution >= 0.6 is 12.4 Å². The van der Waals surface area contributed by atoms with Crippen molar-refractivity contribution in [1.29, 1.82) is 0 Å². The van der Waals surface area contributed by atoms with Crippen molar-refractivity contribution in [1.82, 2.24) is 5.32 Å². The summed E-state index contributed by atoms with van der Waals surface area (Å²) in [5.41, 5.74) is 6.36. The maximum Gasteiger partial charge on any atom is 0.249 e. The highest BCUT2D eigenvalue weighted by molar-refractivity contribution is 6.00. The smallest absolute Gasteiger partial charge is 0.249 e. The summed E-state index contributed by atoms with van der Waals surface area (Å²) in [6, 6.07) is 9.15. The lowest BCUT2D eigenvalue weighted by molar-refractivity contribution is -0.132. The predicted octanol–water partition coefficient (Wildman–Crippen LogP) is 2.38. The number of amides is 2. The number of rotatable bonds is 3. The fraction of sp³-hybridized carbons (Fsp3) is 0.556. The molecule has 2 amide bonds. The number of nitrogens with two attached hydrogens (primary N) is 1. The molecule has 3 N–H and O–H groups in total. The van der Waals surface area contributed by atoms with E-state index in [1.807, 2.05) is 30.3 Å². The van der Waals surface area contributed by atoms with Crippen molar-refractivity contribution in [3.63, 3.8) is 0 Å². The molecule has 2 aliphatic rings. The first-order valence-electron chi connectivity index (χ1n) is 8.56. The van der Waals surface area contributed by atoms with Crippen molar-refractivity contribution in [2.45, 2.75) is 56.5 Å². The fourth-order valence-corrected chi connectivity index (χ4v) is 3.59. The molecule has 24 heavy (non-hydrogen) atoms. The second-order valence-corrected chi connectivity index (χ2v) is 6.71. The van der Waals surface area contributed by atoms with Gasteiger partial charge in [-0.1, -0.05) is 37.5 Å². The fourth-order valence-electron chi connectivity index (χ4n) is 3.59. The van der Waals surface area contributed by atoms with Gasteiger partial charge in [0.1, 0.15) is 6.04 Å². The topological polar surface area (TPSA) is 75.4 Å². The Morgan fingerprint density at radius 1 is 1.12 bits per heavy atom. The molecular formula is C18H26ClN3O2. The highest BCUT2D eigenvalue weighted by Crippen LogP contribution is 2.27. The normalized spacial score (nSPS) is 23.3. The molecule has 0 bridgehead atoms. The molecule has 5 nitrogen and oxygen atoms in total. The number of carbonyl (C=O) groups is 2. The van der Waals surface area contributed by atoms with Gasteiger partial charge in [0.2, 0.25) is 11.8 Å². The number of hydrogen-bond donors (Lipinski definition) is 2. The van der Waals surface area contributed by atoms with Crippen molar-refractivity contribution in [2.75, 3.05) is 11.4 Å². The van der Waals surface area contributed by atoms with Gasteiger partial charge in [-0.25, -0.2) is 0 Å². The molecule has 6 heteroatoms. The van der Waals surface area contributed by atoms with Crippen LogP contribution < -0.4 is 16.0 Å². The molecule has 0 aromatic heterocycles. The van der Waals surface area contributed by atoms with Crippen LogP contribution in [0.4, 0.5) is 5.69 Å². The maximum absolute atomic E-state index is 12.7. The van der Waals surface area contributed by atoms with Crippen LogP contribution in [0, 0.1) is 0 Å². The minimum absolute atomic E-state index is 0. The Morgan fingerprint density at radius 2 is 1.79 bits per heavy atom. The summed E-state index contributed by atoms with van der Waals surface area (Å²) in [6.45, 7) is 0.697. The van der Waals surface area contributed by atoms with Gasteiger partial charge in [-0.05, 0) is 37.8 Å². The minimum atomic E-state index is -0.798. The van der Waals surface area contributed by atoms with Gasteiger partial charge in [-0.15, -0.1) is 12.4 Å². The molecule has 3 rings (SSSR count). The van der Waals surface area contributed by atoms with Crippen LogP contribution in [0.2, 0.25) is 0 Å². The van der Waals surface area contributed by atoms with Crippen LogP contribution in [0.1, 0.15) is 44.9 Å². The van der Waals surface area contributed by atoms with Crippen LogP contribution in [0.25, 0.3) is 0 Å². The average Bonchev–Trinajstić information content (AvgIpc) is 2.58. The third-order valence-electron chi connectivity index (χ3n) is 5.01. The van der Waals surface area contributed by atoms with E-state index in [1.54, 1.807) is 4.90 Å². The molecular weight excluding hydrogens is 326 g/mol. The van der Waals surface area contributed by atoms with E-state index in [2.05, 4.69) is 5.32 Å². The summed E-state index contributed by atoms with van der Waals surface area (Å²) in [4.78, 5) is 27.1. The van der Waals surface area contributed by atoms with Crippen molar-refractivity contribution < 1.29 is 9.59 Å². The molecule has 2 fully saturated rings. The Hall–Kier alpha value is -1.59. The zero-order chi connectivity index (χ0) is 16.3. The lowest BCUT2D eigenvalue weighted by Crippen LogP contribution is -2.61. The molecule has 1 heterocycles. The first kappa shape index (κ1) is 18.7. The van der Waals surface area contributed by atoms with Gasteiger partial charge >= 0.3 is 0 Å². The summed E-state index contributed by atoms with van der Waals surface area (Å²) in [7, 11) is 0. The second-order valence-electron chi connectivity index (χ2n) is 6.71. The number of carbonyl (C=O) groups excluding carboxylic acids is 2. The number of nitrogens with one attached hydrogen (secondary N) is 1. The number of anilines is 1.